The first kappa shape index (κ1) is 24.0. The summed E-state index contributed by atoms with van der Waals surface area (Å²) in [6, 6.07) is 2.95. The quantitative estimate of drug-likeness (QED) is 0.294. The van der Waals surface area contributed by atoms with Crippen LogP contribution in [0.2, 0.25) is 0 Å². The van der Waals surface area contributed by atoms with Gasteiger partial charge in [-0.2, -0.15) is 0 Å². The van der Waals surface area contributed by atoms with E-state index in [2.05, 4.69) is 16.6 Å². The molecule has 168 valence electrons. The topological polar surface area (TPSA) is 80.2 Å². The highest BCUT2D eigenvalue weighted by molar-refractivity contribution is 8.49. The molecule has 31 heavy (non-hydrogen) atoms. The van der Waals surface area contributed by atoms with Crippen LogP contribution in [-0.2, 0) is 11.8 Å². The number of nitrogens with one attached hydrogen (secondary N) is 2. The fourth-order valence-corrected chi connectivity index (χ4v) is 3.85. The van der Waals surface area contributed by atoms with E-state index in [4.69, 9.17) is 6.42 Å². The second-order valence-electron chi connectivity index (χ2n) is 7.17. The predicted octanol–water partition coefficient (Wildman–Crippen LogP) is 4.23. The van der Waals surface area contributed by atoms with Gasteiger partial charge in [0.25, 0.3) is 17.6 Å². The van der Waals surface area contributed by atoms with Crippen LogP contribution in [0.5, 0.6) is 0 Å². The zero-order valence-electron chi connectivity index (χ0n) is 17.2. The van der Waals surface area contributed by atoms with E-state index >= 15 is 0 Å². The van der Waals surface area contributed by atoms with Crippen molar-refractivity contribution < 1.29 is 29.9 Å². The lowest BCUT2D eigenvalue weighted by Crippen LogP contribution is -2.31. The Hall–Kier alpha value is -3.26. The van der Waals surface area contributed by atoms with Gasteiger partial charge in [0.1, 0.15) is 5.69 Å². The SMILES string of the molecule is C#CCNC(=O)C(=O)c1c(C)c(C(=O)Nc2ccc(S(C)(F)(F)(F)F)cc2)n(C)c1C. The lowest BCUT2D eigenvalue weighted by molar-refractivity contribution is -0.116. The normalized spacial score (nSPS) is 13.5. The van der Waals surface area contributed by atoms with Gasteiger partial charge in [0.05, 0.1) is 23.3 Å². The number of halogens is 4. The number of carbonyl (C=O) groups excluding carboxylic acids is 3. The Labute approximate surface area is 176 Å². The highest BCUT2D eigenvalue weighted by Gasteiger charge is 2.59. The van der Waals surface area contributed by atoms with Gasteiger partial charge in [0, 0.05) is 18.4 Å². The zero-order valence-corrected chi connectivity index (χ0v) is 18.0. The lowest BCUT2D eigenvalue weighted by Gasteiger charge is -2.46. The highest BCUT2D eigenvalue weighted by Crippen LogP contribution is 2.98. The van der Waals surface area contributed by atoms with Gasteiger partial charge < -0.3 is 15.2 Å². The summed E-state index contributed by atoms with van der Waals surface area (Å²) in [7, 11) is -6.83. The summed E-state index contributed by atoms with van der Waals surface area (Å²) in [5.74, 6) is -0.355. The van der Waals surface area contributed by atoms with Crippen molar-refractivity contribution in [2.24, 2.45) is 7.05 Å². The van der Waals surface area contributed by atoms with Gasteiger partial charge in [-0.15, -0.1) is 22.0 Å². The molecule has 0 aliphatic heterocycles. The first-order chi connectivity index (χ1) is 14.0. The molecule has 0 radical (unpaired) electrons. The summed E-state index contributed by atoms with van der Waals surface area (Å²) in [4.78, 5) is 35.7. The van der Waals surface area contributed by atoms with E-state index in [1.54, 1.807) is 0 Å². The Morgan fingerprint density at radius 1 is 1.10 bits per heavy atom. The number of nitrogens with zero attached hydrogens (tertiary/aromatic N) is 1. The molecule has 2 amide bonds. The largest absolute Gasteiger partial charge is 0.343 e. The molecule has 1 aromatic heterocycles. The van der Waals surface area contributed by atoms with Crippen molar-refractivity contribution in [1.29, 1.82) is 0 Å². The molecule has 0 unspecified atom stereocenters. The number of aromatic nitrogens is 1. The molecule has 2 rings (SSSR count). The Kier molecular flexibility index (Phi) is 5.55. The Morgan fingerprint density at radius 3 is 2.13 bits per heavy atom. The van der Waals surface area contributed by atoms with Crippen LogP contribution in [-0.4, -0.2) is 35.0 Å². The van der Waals surface area contributed by atoms with Gasteiger partial charge in [0.2, 0.25) is 0 Å². The van der Waals surface area contributed by atoms with Crippen molar-refractivity contribution >= 4 is 33.1 Å². The van der Waals surface area contributed by atoms with Crippen LogP contribution in [0.15, 0.2) is 29.2 Å². The van der Waals surface area contributed by atoms with Crippen LogP contribution in [0.3, 0.4) is 0 Å². The van der Waals surface area contributed by atoms with E-state index < -0.39 is 32.3 Å². The van der Waals surface area contributed by atoms with E-state index in [0.29, 0.717) is 17.8 Å². The van der Waals surface area contributed by atoms with Crippen LogP contribution >= 0.6 is 9.84 Å². The highest BCUT2D eigenvalue weighted by atomic mass is 32.5. The molecular weight excluding hydrogens is 438 g/mol. The minimum absolute atomic E-state index is 0.00603. The van der Waals surface area contributed by atoms with Gasteiger partial charge in [-0.3, -0.25) is 14.4 Å². The minimum Gasteiger partial charge on any atom is -0.343 e. The van der Waals surface area contributed by atoms with Crippen molar-refractivity contribution in [3.8, 4) is 12.3 Å². The molecule has 0 aliphatic rings. The van der Waals surface area contributed by atoms with E-state index in [9.17, 15) is 29.9 Å². The molecule has 2 N–H and O–H groups in total. The molecule has 0 aliphatic carbocycles. The number of hydrogen-bond acceptors (Lipinski definition) is 3. The van der Waals surface area contributed by atoms with Crippen LogP contribution in [0.25, 0.3) is 0 Å². The molecular formula is C20H21F4N3O3S. The number of anilines is 1. The second kappa shape index (κ2) is 7.16. The number of benzene rings is 1. The van der Waals surface area contributed by atoms with E-state index in [0.717, 1.165) is 12.1 Å². The van der Waals surface area contributed by atoms with E-state index in [-0.39, 0.29) is 35.3 Å². The van der Waals surface area contributed by atoms with E-state index in [1.165, 1.54) is 25.5 Å². The maximum Gasteiger partial charge on any atom is 0.293 e. The molecule has 0 saturated heterocycles. The van der Waals surface area contributed by atoms with Crippen LogP contribution in [0.1, 0.15) is 32.1 Å². The molecule has 0 fully saturated rings. The molecule has 2 aromatic rings. The number of hydrogen-bond donors (Lipinski definition) is 2. The number of Topliss-reactive ketones (excluding diaryl/α,β-unsaturated/α-hetero) is 1. The Balaban J connectivity index is 2.34. The number of rotatable bonds is 6. The predicted molar refractivity (Wildman–Crippen MR) is 112 cm³/mol. The fourth-order valence-electron chi connectivity index (χ4n) is 3.03. The van der Waals surface area contributed by atoms with Crippen LogP contribution in [0.4, 0.5) is 21.2 Å². The van der Waals surface area contributed by atoms with Crippen molar-refractivity contribution in [1.82, 2.24) is 9.88 Å². The van der Waals surface area contributed by atoms with E-state index in [1.807, 2.05) is 0 Å². The first-order valence-corrected chi connectivity index (χ1v) is 11.3. The van der Waals surface area contributed by atoms with Gasteiger partial charge in [-0.25, -0.2) is 0 Å². The first-order valence-electron chi connectivity index (χ1n) is 8.80. The van der Waals surface area contributed by atoms with Crippen LogP contribution in [0, 0.1) is 26.2 Å². The third-order valence-electron chi connectivity index (χ3n) is 4.63. The molecule has 0 spiro atoms. The summed E-state index contributed by atoms with van der Waals surface area (Å²) in [5, 5.41) is 4.66. The molecule has 11 heteroatoms. The molecule has 1 aromatic carbocycles. The second-order valence-corrected chi connectivity index (χ2v) is 10.6. The molecule has 0 bridgehead atoms. The number of ketones is 1. The van der Waals surface area contributed by atoms with Crippen LogP contribution < -0.4 is 10.6 Å². The third kappa shape index (κ3) is 5.08. The molecule has 1 heterocycles. The standard InChI is InChI=1S/C20H21F4N3O3S/c1-6-11-25-20(30)18(28)16-12(2)17(27(4)13(16)3)19(29)26-14-7-9-15(10-8-14)31(5,21,22,23)24/h1,7-10H,11H2,2-5H3,(H,25,30)(H,26,29). The van der Waals surface area contributed by atoms with Crippen molar-refractivity contribution in [3.63, 3.8) is 0 Å². The van der Waals surface area contributed by atoms with Gasteiger partial charge >= 0.3 is 0 Å². The van der Waals surface area contributed by atoms with Crippen molar-refractivity contribution in [2.45, 2.75) is 18.7 Å². The smallest absolute Gasteiger partial charge is 0.293 e. The van der Waals surface area contributed by atoms with Crippen molar-refractivity contribution in [2.75, 3.05) is 18.1 Å². The summed E-state index contributed by atoms with van der Waals surface area (Å²) >= 11 is 0. The van der Waals surface area contributed by atoms with Gasteiger partial charge in [-0.05, 0) is 43.7 Å². The molecule has 6 nitrogen and oxygen atoms in total. The minimum atomic E-state index is -8.33. The summed E-state index contributed by atoms with van der Waals surface area (Å²) in [5.41, 5.74) is 0.605. The summed E-state index contributed by atoms with van der Waals surface area (Å²) in [6.07, 6.45) is 4.66. The third-order valence-corrected chi connectivity index (χ3v) is 6.09. The van der Waals surface area contributed by atoms with Gasteiger partial charge in [-0.1, -0.05) is 5.92 Å². The monoisotopic (exact) mass is 459 g/mol. The zero-order chi connectivity index (χ0) is 23.8. The number of carbonyl (C=O) groups is 3. The Morgan fingerprint density at radius 2 is 1.65 bits per heavy atom. The maximum absolute atomic E-state index is 13.5. The average molecular weight is 459 g/mol. The summed E-state index contributed by atoms with van der Waals surface area (Å²) in [6.45, 7) is 2.86. The number of terminal acetylenes is 1. The maximum atomic E-state index is 13.5. The molecule has 0 atom stereocenters. The van der Waals surface area contributed by atoms with Gasteiger partial charge in [0.15, 0.2) is 9.84 Å². The number of amides is 2. The lowest BCUT2D eigenvalue weighted by atomic mass is 10.0. The summed E-state index contributed by atoms with van der Waals surface area (Å²) < 4.78 is 55.3. The average Bonchev–Trinajstić information content (AvgIpc) is 2.86. The van der Waals surface area contributed by atoms with Crippen molar-refractivity contribution in [3.05, 3.63) is 46.8 Å². The molecule has 0 saturated carbocycles. The Bertz CT molecular complexity index is 1130. The fraction of sp³-hybridized carbons (Fsp3) is 0.250.